The van der Waals surface area contributed by atoms with E-state index in [4.69, 9.17) is 4.74 Å². The van der Waals surface area contributed by atoms with Gasteiger partial charge in [0.05, 0.1) is 0 Å². The van der Waals surface area contributed by atoms with E-state index in [0.29, 0.717) is 12.0 Å². The molecule has 7 nitrogen and oxygen atoms in total. The number of aryl methyl sites for hydroxylation is 2. The van der Waals surface area contributed by atoms with E-state index in [1.807, 2.05) is 76.2 Å². The Morgan fingerprint density at radius 2 is 1.51 bits per heavy atom. The van der Waals surface area contributed by atoms with Gasteiger partial charge < -0.3 is 20.3 Å². The van der Waals surface area contributed by atoms with E-state index in [2.05, 4.69) is 10.6 Å². The highest BCUT2D eigenvalue weighted by atomic mass is 16.6. The van der Waals surface area contributed by atoms with Gasteiger partial charge in [-0.05, 0) is 63.6 Å². The minimum absolute atomic E-state index is 0.130. The first-order chi connectivity index (χ1) is 16.3. The summed E-state index contributed by atoms with van der Waals surface area (Å²) >= 11 is 0. The van der Waals surface area contributed by atoms with Gasteiger partial charge in [0.1, 0.15) is 17.7 Å². The van der Waals surface area contributed by atoms with Crippen LogP contribution in [0.1, 0.15) is 63.8 Å². The number of carbonyl (C=O) groups is 3. The Bertz CT molecular complexity index is 1010. The lowest BCUT2D eigenvalue weighted by atomic mass is 9.99. The van der Waals surface area contributed by atoms with Crippen molar-refractivity contribution in [1.29, 1.82) is 0 Å². The molecule has 2 rings (SSSR count). The second-order valence-corrected chi connectivity index (χ2v) is 10.3. The van der Waals surface area contributed by atoms with E-state index in [0.717, 1.165) is 16.8 Å². The number of nitrogens with zero attached hydrogens (tertiary/aromatic N) is 1. The molecule has 2 unspecified atom stereocenters. The molecule has 2 aromatic carbocycles. The summed E-state index contributed by atoms with van der Waals surface area (Å²) < 4.78 is 5.38. The normalized spacial score (nSPS) is 13.1. The first kappa shape index (κ1) is 27.9. The van der Waals surface area contributed by atoms with E-state index in [1.165, 1.54) is 4.90 Å². The predicted octanol–water partition coefficient (Wildman–Crippen LogP) is 5.38. The molecule has 0 saturated heterocycles. The van der Waals surface area contributed by atoms with Crippen molar-refractivity contribution in [2.75, 3.05) is 12.4 Å². The van der Waals surface area contributed by atoms with Crippen LogP contribution < -0.4 is 10.6 Å². The van der Waals surface area contributed by atoms with Gasteiger partial charge >= 0.3 is 6.09 Å². The number of anilines is 1. The van der Waals surface area contributed by atoms with Crippen LogP contribution in [-0.4, -0.2) is 41.5 Å². The van der Waals surface area contributed by atoms with E-state index in [9.17, 15) is 14.4 Å². The molecule has 2 N–H and O–H groups in total. The summed E-state index contributed by atoms with van der Waals surface area (Å²) in [6, 6.07) is 13.2. The lowest BCUT2D eigenvalue weighted by Crippen LogP contribution is -2.51. The molecule has 0 spiro atoms. The van der Waals surface area contributed by atoms with Crippen molar-refractivity contribution >= 4 is 23.6 Å². The van der Waals surface area contributed by atoms with Gasteiger partial charge in [0.25, 0.3) is 5.91 Å². The van der Waals surface area contributed by atoms with Gasteiger partial charge in [-0.2, -0.15) is 0 Å². The summed E-state index contributed by atoms with van der Waals surface area (Å²) in [6.45, 7) is 13.1. The minimum atomic E-state index is -0.891. The molecule has 0 saturated carbocycles. The fraction of sp³-hybridized carbons (Fsp3) is 0.464. The average Bonchev–Trinajstić information content (AvgIpc) is 2.74. The molecule has 35 heavy (non-hydrogen) atoms. The Hall–Kier alpha value is -3.35. The molecular formula is C28H39N3O4. The van der Waals surface area contributed by atoms with Crippen LogP contribution in [0.5, 0.6) is 0 Å². The van der Waals surface area contributed by atoms with Crippen molar-refractivity contribution in [3.05, 3.63) is 65.2 Å². The molecule has 7 heteroatoms. The van der Waals surface area contributed by atoms with Crippen LogP contribution in [0.4, 0.5) is 10.5 Å². The molecule has 0 aliphatic carbocycles. The summed E-state index contributed by atoms with van der Waals surface area (Å²) in [4.78, 5) is 41.2. The van der Waals surface area contributed by atoms with Crippen molar-refractivity contribution in [1.82, 2.24) is 10.2 Å². The largest absolute Gasteiger partial charge is 0.444 e. The number of alkyl carbamates (subject to hydrolysis) is 1. The maximum absolute atomic E-state index is 13.7. The molecule has 0 aliphatic rings. The molecule has 0 fully saturated rings. The molecule has 3 amide bonds. The summed E-state index contributed by atoms with van der Waals surface area (Å²) in [7, 11) is 1.59. The van der Waals surface area contributed by atoms with Crippen molar-refractivity contribution in [2.24, 2.45) is 5.92 Å². The Balaban J connectivity index is 2.38. The fourth-order valence-electron chi connectivity index (χ4n) is 3.91. The van der Waals surface area contributed by atoms with Gasteiger partial charge in [-0.3, -0.25) is 9.59 Å². The van der Waals surface area contributed by atoms with Gasteiger partial charge in [0.2, 0.25) is 5.91 Å². The van der Waals surface area contributed by atoms with Gasteiger partial charge in [-0.1, -0.05) is 62.4 Å². The summed E-state index contributed by atoms with van der Waals surface area (Å²) in [6.07, 6.45) is -0.260. The molecule has 0 radical (unpaired) electrons. The van der Waals surface area contributed by atoms with Crippen LogP contribution in [0, 0.1) is 19.8 Å². The Morgan fingerprint density at radius 3 is 2.03 bits per heavy atom. The van der Waals surface area contributed by atoms with Gasteiger partial charge in [0, 0.05) is 12.7 Å². The van der Waals surface area contributed by atoms with Crippen molar-refractivity contribution in [2.45, 2.75) is 72.6 Å². The van der Waals surface area contributed by atoms with Crippen LogP contribution in [0.2, 0.25) is 0 Å². The van der Waals surface area contributed by atoms with Crippen LogP contribution in [0.15, 0.2) is 48.5 Å². The molecule has 0 bridgehead atoms. The Morgan fingerprint density at radius 1 is 0.943 bits per heavy atom. The number of carbonyl (C=O) groups excluding carboxylic acids is 3. The minimum Gasteiger partial charge on any atom is -0.444 e. The van der Waals surface area contributed by atoms with Crippen molar-refractivity contribution in [3.63, 3.8) is 0 Å². The number of rotatable bonds is 8. The SMILES string of the molecule is Cc1cccc(C)c1NC(=O)C(c1ccccc1)N(C)C(=O)C(CC(C)C)NC(=O)OC(C)(C)C. The van der Waals surface area contributed by atoms with Gasteiger partial charge in [-0.25, -0.2) is 4.79 Å². The quantitative estimate of drug-likeness (QED) is 0.530. The summed E-state index contributed by atoms with van der Waals surface area (Å²) in [5, 5.41) is 5.73. The smallest absolute Gasteiger partial charge is 0.408 e. The first-order valence-corrected chi connectivity index (χ1v) is 12.0. The number of hydrogen-bond acceptors (Lipinski definition) is 4. The van der Waals surface area contributed by atoms with Gasteiger partial charge in [0.15, 0.2) is 0 Å². The third kappa shape index (κ3) is 8.12. The highest BCUT2D eigenvalue weighted by Gasteiger charge is 2.34. The molecule has 190 valence electrons. The van der Waals surface area contributed by atoms with E-state index >= 15 is 0 Å². The Labute approximate surface area is 209 Å². The van der Waals surface area contributed by atoms with Crippen molar-refractivity contribution in [3.8, 4) is 0 Å². The second-order valence-electron chi connectivity index (χ2n) is 10.3. The zero-order valence-electron chi connectivity index (χ0n) is 22.1. The molecule has 0 aromatic heterocycles. The third-order valence-electron chi connectivity index (χ3n) is 5.52. The molecular weight excluding hydrogens is 442 g/mol. The number of amides is 3. The highest BCUT2D eigenvalue weighted by molar-refractivity contribution is 5.99. The lowest BCUT2D eigenvalue weighted by Gasteiger charge is -2.32. The average molecular weight is 482 g/mol. The zero-order valence-corrected chi connectivity index (χ0v) is 22.1. The number of hydrogen-bond donors (Lipinski definition) is 2. The lowest BCUT2D eigenvalue weighted by molar-refractivity contribution is -0.139. The molecule has 2 atom stereocenters. The van der Waals surface area contributed by atoms with E-state index < -0.39 is 23.8 Å². The summed E-state index contributed by atoms with van der Waals surface area (Å²) in [5.74, 6) is -0.564. The number of para-hydroxylation sites is 1. The molecule has 0 aliphatic heterocycles. The molecule has 2 aromatic rings. The van der Waals surface area contributed by atoms with Crippen LogP contribution >= 0.6 is 0 Å². The van der Waals surface area contributed by atoms with E-state index in [-0.39, 0.29) is 17.7 Å². The highest BCUT2D eigenvalue weighted by Crippen LogP contribution is 2.26. The van der Waals surface area contributed by atoms with E-state index in [1.54, 1.807) is 27.8 Å². The predicted molar refractivity (Wildman–Crippen MR) is 139 cm³/mol. The third-order valence-corrected chi connectivity index (χ3v) is 5.52. The number of ether oxygens (including phenoxy) is 1. The topological polar surface area (TPSA) is 87.7 Å². The maximum atomic E-state index is 13.7. The number of nitrogens with one attached hydrogen (secondary N) is 2. The molecule has 0 heterocycles. The van der Waals surface area contributed by atoms with Gasteiger partial charge in [-0.15, -0.1) is 0 Å². The Kier molecular flexibility index (Phi) is 9.46. The number of likely N-dealkylation sites (N-methyl/N-ethyl adjacent to an activating group) is 1. The second kappa shape index (κ2) is 11.9. The standard InChI is InChI=1S/C28H39N3O4/c1-18(2)17-22(29-27(34)35-28(5,6)7)26(33)31(8)24(21-15-10-9-11-16-21)25(32)30-23-19(3)13-12-14-20(23)4/h9-16,18,22,24H,17H2,1-8H3,(H,29,34)(H,30,32). The monoisotopic (exact) mass is 481 g/mol. The number of benzene rings is 2. The zero-order chi connectivity index (χ0) is 26.3. The van der Waals surface area contributed by atoms with Crippen molar-refractivity contribution < 1.29 is 19.1 Å². The van der Waals surface area contributed by atoms with Crippen LogP contribution in [0.25, 0.3) is 0 Å². The fourth-order valence-corrected chi connectivity index (χ4v) is 3.91. The first-order valence-electron chi connectivity index (χ1n) is 12.0. The van der Waals surface area contributed by atoms with Crippen LogP contribution in [-0.2, 0) is 14.3 Å². The maximum Gasteiger partial charge on any atom is 0.408 e. The summed E-state index contributed by atoms with van der Waals surface area (Å²) in [5.41, 5.74) is 2.57. The van der Waals surface area contributed by atoms with Crippen LogP contribution in [0.3, 0.4) is 0 Å².